The summed E-state index contributed by atoms with van der Waals surface area (Å²) in [7, 11) is 0. The molecule has 9 aromatic rings. The summed E-state index contributed by atoms with van der Waals surface area (Å²) in [6.45, 7) is 4.79. The molecule has 264 valence electrons. The van der Waals surface area contributed by atoms with Crippen molar-refractivity contribution in [3.05, 3.63) is 221 Å². The molecule has 0 N–H and O–H groups in total. The lowest BCUT2D eigenvalue weighted by Gasteiger charge is -2.47. The molecular formula is C53H37N3. The third kappa shape index (κ3) is 4.67. The second-order valence-electron chi connectivity index (χ2n) is 15.6. The Morgan fingerprint density at radius 1 is 0.321 bits per heavy atom. The van der Waals surface area contributed by atoms with Gasteiger partial charge in [-0.2, -0.15) is 0 Å². The van der Waals surface area contributed by atoms with Crippen LogP contribution in [0.1, 0.15) is 47.2 Å². The molecular weight excluding hydrogens is 679 g/mol. The third-order valence-electron chi connectivity index (χ3n) is 12.2. The van der Waals surface area contributed by atoms with Gasteiger partial charge in [-0.25, -0.2) is 15.0 Å². The quantitative estimate of drug-likeness (QED) is 0.182. The first-order chi connectivity index (χ1) is 27.5. The summed E-state index contributed by atoms with van der Waals surface area (Å²) in [5.74, 6) is 1.96. The Morgan fingerprint density at radius 2 is 0.786 bits per heavy atom. The summed E-state index contributed by atoms with van der Waals surface area (Å²) in [5, 5.41) is 2.34. The minimum absolute atomic E-state index is 0.257. The van der Waals surface area contributed by atoms with Gasteiger partial charge in [0.05, 0.1) is 5.41 Å². The van der Waals surface area contributed by atoms with E-state index < -0.39 is 5.41 Å². The minimum atomic E-state index is -0.428. The highest BCUT2D eigenvalue weighted by molar-refractivity contribution is 5.90. The molecule has 1 spiro atoms. The lowest BCUT2D eigenvalue weighted by atomic mass is 9.54. The van der Waals surface area contributed by atoms with Crippen LogP contribution in [0.4, 0.5) is 0 Å². The summed E-state index contributed by atoms with van der Waals surface area (Å²) in [4.78, 5) is 15.1. The van der Waals surface area contributed by atoms with Crippen LogP contribution in [0.25, 0.3) is 67.2 Å². The van der Waals surface area contributed by atoms with E-state index in [4.69, 9.17) is 15.0 Å². The van der Waals surface area contributed by atoms with Gasteiger partial charge in [0, 0.05) is 22.1 Å². The van der Waals surface area contributed by atoms with Crippen molar-refractivity contribution in [3.63, 3.8) is 0 Å². The largest absolute Gasteiger partial charge is 0.208 e. The molecule has 2 aliphatic rings. The van der Waals surface area contributed by atoms with E-state index >= 15 is 0 Å². The highest BCUT2D eigenvalue weighted by Gasteiger charge is 2.53. The van der Waals surface area contributed by atoms with Crippen LogP contribution < -0.4 is 0 Å². The van der Waals surface area contributed by atoms with E-state index in [1.165, 1.54) is 61.0 Å². The zero-order valence-corrected chi connectivity index (χ0v) is 31.2. The standard InChI is InChI=1S/C53H37N3/c1-52(2)45-24-12-13-25-46(45)53(43-22-10-8-19-41(43)42-20-9-11-23-44(42)53)47-26-14-21-40(48(47)52)35-28-30-37(31-29-35)50-54-49(36-16-4-3-5-17-36)55-51(56-50)39-32-27-34-15-6-7-18-38(34)33-39/h3-33H,1-2H3. The summed E-state index contributed by atoms with van der Waals surface area (Å²) in [5.41, 5.74) is 15.4. The van der Waals surface area contributed by atoms with Gasteiger partial charge < -0.3 is 0 Å². The molecule has 0 saturated carbocycles. The fraction of sp³-hybridized carbons (Fsp3) is 0.0755. The summed E-state index contributed by atoms with van der Waals surface area (Å²) in [6, 6.07) is 67.9. The van der Waals surface area contributed by atoms with Crippen molar-refractivity contribution in [1.29, 1.82) is 0 Å². The van der Waals surface area contributed by atoms with Gasteiger partial charge in [0.25, 0.3) is 0 Å². The second-order valence-corrected chi connectivity index (χ2v) is 15.6. The molecule has 0 unspecified atom stereocenters. The predicted molar refractivity (Wildman–Crippen MR) is 229 cm³/mol. The van der Waals surface area contributed by atoms with Crippen LogP contribution in [0.15, 0.2) is 188 Å². The minimum Gasteiger partial charge on any atom is -0.208 e. The number of benzene rings is 8. The molecule has 56 heavy (non-hydrogen) atoms. The first-order valence-electron chi connectivity index (χ1n) is 19.4. The number of hydrogen-bond donors (Lipinski definition) is 0. The van der Waals surface area contributed by atoms with Gasteiger partial charge in [0.1, 0.15) is 0 Å². The molecule has 8 aromatic carbocycles. The Kier molecular flexibility index (Phi) is 7.11. The lowest BCUT2D eigenvalue weighted by Crippen LogP contribution is -2.41. The maximum atomic E-state index is 5.10. The SMILES string of the molecule is CC1(C)c2ccccc2C2(c3ccccc3-c3ccccc32)c2cccc(-c3ccc(-c4nc(-c5ccccc5)nc(-c5ccc6ccccc6c5)n4)cc3)c21. The normalized spacial score (nSPS) is 14.2. The van der Waals surface area contributed by atoms with Crippen LogP contribution in [-0.4, -0.2) is 15.0 Å². The molecule has 0 aliphatic heterocycles. The fourth-order valence-corrected chi connectivity index (χ4v) is 9.71. The fourth-order valence-electron chi connectivity index (χ4n) is 9.71. The maximum Gasteiger partial charge on any atom is 0.164 e. The Bertz CT molecular complexity index is 2950. The second kappa shape index (κ2) is 12.3. The van der Waals surface area contributed by atoms with Crippen LogP contribution in [0.3, 0.4) is 0 Å². The number of rotatable bonds is 4. The van der Waals surface area contributed by atoms with Crippen molar-refractivity contribution >= 4 is 10.8 Å². The van der Waals surface area contributed by atoms with Crippen LogP contribution in [0, 0.1) is 0 Å². The molecule has 0 fully saturated rings. The van der Waals surface area contributed by atoms with Gasteiger partial charge in [-0.15, -0.1) is 0 Å². The molecule has 0 atom stereocenters. The van der Waals surface area contributed by atoms with E-state index in [0.717, 1.165) is 22.1 Å². The van der Waals surface area contributed by atoms with E-state index in [1.54, 1.807) is 0 Å². The number of nitrogens with zero attached hydrogens (tertiary/aromatic N) is 3. The molecule has 1 heterocycles. The van der Waals surface area contributed by atoms with Crippen molar-refractivity contribution in [3.8, 4) is 56.4 Å². The highest BCUT2D eigenvalue weighted by atomic mass is 15.0. The van der Waals surface area contributed by atoms with Gasteiger partial charge in [0.2, 0.25) is 0 Å². The van der Waals surface area contributed by atoms with Crippen molar-refractivity contribution in [1.82, 2.24) is 15.0 Å². The van der Waals surface area contributed by atoms with Crippen molar-refractivity contribution < 1.29 is 0 Å². The van der Waals surface area contributed by atoms with E-state index in [0.29, 0.717) is 17.5 Å². The van der Waals surface area contributed by atoms with E-state index in [1.807, 2.05) is 18.2 Å². The first-order valence-corrected chi connectivity index (χ1v) is 19.4. The van der Waals surface area contributed by atoms with Crippen LogP contribution in [0.2, 0.25) is 0 Å². The molecule has 0 amide bonds. The topological polar surface area (TPSA) is 38.7 Å². The average molecular weight is 716 g/mol. The Balaban J connectivity index is 1.08. The summed E-state index contributed by atoms with van der Waals surface area (Å²) < 4.78 is 0. The smallest absolute Gasteiger partial charge is 0.164 e. The van der Waals surface area contributed by atoms with Gasteiger partial charge in [-0.3, -0.25) is 0 Å². The van der Waals surface area contributed by atoms with Crippen LogP contribution >= 0.6 is 0 Å². The van der Waals surface area contributed by atoms with E-state index in [-0.39, 0.29) is 5.41 Å². The van der Waals surface area contributed by atoms with Crippen molar-refractivity contribution in [2.24, 2.45) is 0 Å². The monoisotopic (exact) mass is 715 g/mol. The molecule has 3 nitrogen and oxygen atoms in total. The molecule has 11 rings (SSSR count). The molecule has 3 heteroatoms. The summed E-state index contributed by atoms with van der Waals surface area (Å²) in [6.07, 6.45) is 0. The zero-order chi connectivity index (χ0) is 37.4. The van der Waals surface area contributed by atoms with Crippen molar-refractivity contribution in [2.45, 2.75) is 24.7 Å². The highest BCUT2D eigenvalue weighted by Crippen LogP contribution is 2.63. The molecule has 0 bridgehead atoms. The zero-order valence-electron chi connectivity index (χ0n) is 31.2. The number of fused-ring (bicyclic) bond motifs is 10. The van der Waals surface area contributed by atoms with Crippen LogP contribution in [0.5, 0.6) is 0 Å². The molecule has 0 radical (unpaired) electrons. The lowest BCUT2D eigenvalue weighted by molar-refractivity contribution is 0.565. The first kappa shape index (κ1) is 32.5. The third-order valence-corrected chi connectivity index (χ3v) is 12.2. The predicted octanol–water partition coefficient (Wildman–Crippen LogP) is 12.7. The van der Waals surface area contributed by atoms with Gasteiger partial charge >= 0.3 is 0 Å². The van der Waals surface area contributed by atoms with E-state index in [2.05, 4.69) is 184 Å². The van der Waals surface area contributed by atoms with Gasteiger partial charge in [0.15, 0.2) is 17.5 Å². The maximum absolute atomic E-state index is 5.10. The van der Waals surface area contributed by atoms with Crippen molar-refractivity contribution in [2.75, 3.05) is 0 Å². The molecule has 0 saturated heterocycles. The number of aromatic nitrogens is 3. The van der Waals surface area contributed by atoms with Gasteiger partial charge in [-0.05, 0) is 72.5 Å². The van der Waals surface area contributed by atoms with Gasteiger partial charge in [-0.1, -0.05) is 196 Å². The molecule has 1 aromatic heterocycles. The summed E-state index contributed by atoms with van der Waals surface area (Å²) >= 11 is 0. The molecule has 2 aliphatic carbocycles. The Labute approximate surface area is 327 Å². The number of hydrogen-bond acceptors (Lipinski definition) is 3. The Hall–Kier alpha value is -6.97. The van der Waals surface area contributed by atoms with Crippen LogP contribution in [-0.2, 0) is 10.8 Å². The average Bonchev–Trinajstić information content (AvgIpc) is 3.56. The van der Waals surface area contributed by atoms with E-state index in [9.17, 15) is 0 Å². The Morgan fingerprint density at radius 3 is 1.46 bits per heavy atom.